The van der Waals surface area contributed by atoms with Gasteiger partial charge < -0.3 is 4.57 Å². The number of aryl methyl sites for hydroxylation is 1. The number of benzene rings is 1. The van der Waals surface area contributed by atoms with Gasteiger partial charge in [0.05, 0.1) is 23.0 Å². The summed E-state index contributed by atoms with van der Waals surface area (Å²) in [6.45, 7) is 4.33. The number of aromatic nitrogens is 2. The minimum atomic E-state index is -0.236. The Balaban J connectivity index is 2.17. The van der Waals surface area contributed by atoms with Gasteiger partial charge in [-0.05, 0) is 47.5 Å². The summed E-state index contributed by atoms with van der Waals surface area (Å²) in [7, 11) is 0. The molecule has 0 fully saturated rings. The van der Waals surface area contributed by atoms with E-state index in [1.807, 2.05) is 18.4 Å². The minimum absolute atomic E-state index is 0.232. The molecular weight excluding hydrogens is 375 g/mol. The quantitative estimate of drug-likeness (QED) is 0.530. The Bertz CT molecular complexity index is 809. The standard InChI is InChI=1S/C15H13BrClFN2S/c1-8-3-14-13(5-12(8)18)19-15(9(2)17)20(14)6-11-4-10(16)7-21-11/h3-5,7,9H,6H2,1-2H3. The average molecular weight is 388 g/mol. The molecule has 2 aromatic heterocycles. The summed E-state index contributed by atoms with van der Waals surface area (Å²) in [5, 5.41) is 1.81. The van der Waals surface area contributed by atoms with Gasteiger partial charge in [0.1, 0.15) is 11.6 Å². The van der Waals surface area contributed by atoms with Gasteiger partial charge in [0.15, 0.2) is 0 Å². The second-order valence-corrected chi connectivity index (χ2v) is 7.56. The minimum Gasteiger partial charge on any atom is -0.321 e. The lowest BCUT2D eigenvalue weighted by Gasteiger charge is -2.09. The Morgan fingerprint density at radius 1 is 1.43 bits per heavy atom. The number of hydrogen-bond acceptors (Lipinski definition) is 2. The van der Waals surface area contributed by atoms with Crippen LogP contribution in [0.5, 0.6) is 0 Å². The number of rotatable bonds is 3. The van der Waals surface area contributed by atoms with Crippen LogP contribution in [0.25, 0.3) is 11.0 Å². The summed E-state index contributed by atoms with van der Waals surface area (Å²) >= 11 is 11.4. The predicted octanol–water partition coefficient (Wildman–Crippen LogP) is 5.66. The molecule has 110 valence electrons. The summed E-state index contributed by atoms with van der Waals surface area (Å²) in [6, 6.07) is 5.40. The molecule has 21 heavy (non-hydrogen) atoms. The van der Waals surface area contributed by atoms with Gasteiger partial charge in [-0.1, -0.05) is 0 Å². The Hall–Kier alpha value is -0.910. The van der Waals surface area contributed by atoms with Crippen molar-refractivity contribution in [3.05, 3.63) is 50.1 Å². The van der Waals surface area contributed by atoms with Crippen molar-refractivity contribution in [3.63, 3.8) is 0 Å². The van der Waals surface area contributed by atoms with Crippen molar-refractivity contribution >= 4 is 49.9 Å². The molecule has 0 aliphatic rings. The third-order valence-electron chi connectivity index (χ3n) is 3.35. The fraction of sp³-hybridized carbons (Fsp3) is 0.267. The molecule has 2 heterocycles. The number of hydrogen-bond donors (Lipinski definition) is 0. The SMILES string of the molecule is Cc1cc2c(cc1F)nc(C(C)Cl)n2Cc1cc(Br)cs1. The molecule has 1 atom stereocenters. The van der Waals surface area contributed by atoms with Crippen LogP contribution >= 0.6 is 38.9 Å². The zero-order valence-electron chi connectivity index (χ0n) is 11.5. The first-order chi connectivity index (χ1) is 9.95. The summed E-state index contributed by atoms with van der Waals surface area (Å²) < 4.78 is 16.9. The second-order valence-electron chi connectivity index (χ2n) is 4.99. The zero-order chi connectivity index (χ0) is 15.1. The molecule has 6 heteroatoms. The van der Waals surface area contributed by atoms with Gasteiger partial charge in [0, 0.05) is 20.8 Å². The lowest BCUT2D eigenvalue weighted by molar-refractivity contribution is 0.620. The molecule has 1 aromatic carbocycles. The molecule has 3 aromatic rings. The molecule has 0 saturated heterocycles. The smallest absolute Gasteiger partial charge is 0.128 e. The van der Waals surface area contributed by atoms with Crippen LogP contribution in [-0.4, -0.2) is 9.55 Å². The van der Waals surface area contributed by atoms with Crippen LogP contribution in [0.3, 0.4) is 0 Å². The maximum atomic E-state index is 13.7. The van der Waals surface area contributed by atoms with Crippen molar-refractivity contribution in [3.8, 4) is 0 Å². The van der Waals surface area contributed by atoms with E-state index in [9.17, 15) is 4.39 Å². The van der Waals surface area contributed by atoms with Gasteiger partial charge in [0.25, 0.3) is 0 Å². The van der Waals surface area contributed by atoms with Crippen LogP contribution in [-0.2, 0) is 6.54 Å². The van der Waals surface area contributed by atoms with Gasteiger partial charge >= 0.3 is 0 Å². The van der Waals surface area contributed by atoms with Gasteiger partial charge in [-0.3, -0.25) is 0 Å². The third-order valence-corrected chi connectivity index (χ3v) is 5.23. The molecule has 0 N–H and O–H groups in total. The maximum Gasteiger partial charge on any atom is 0.128 e. The van der Waals surface area contributed by atoms with Crippen molar-refractivity contribution in [1.29, 1.82) is 0 Å². The van der Waals surface area contributed by atoms with E-state index in [2.05, 4.69) is 31.5 Å². The molecule has 0 radical (unpaired) electrons. The Morgan fingerprint density at radius 3 is 2.81 bits per heavy atom. The molecule has 0 bridgehead atoms. The molecule has 3 rings (SSSR count). The van der Waals surface area contributed by atoms with Crippen molar-refractivity contribution in [2.24, 2.45) is 0 Å². The highest BCUT2D eigenvalue weighted by molar-refractivity contribution is 9.10. The van der Waals surface area contributed by atoms with E-state index in [0.717, 1.165) is 15.8 Å². The molecule has 0 aliphatic heterocycles. The summed E-state index contributed by atoms with van der Waals surface area (Å²) in [5.74, 6) is 0.529. The lowest BCUT2D eigenvalue weighted by Crippen LogP contribution is -2.04. The largest absolute Gasteiger partial charge is 0.321 e. The maximum absolute atomic E-state index is 13.7. The van der Waals surface area contributed by atoms with Gasteiger partial charge in [-0.25, -0.2) is 9.37 Å². The van der Waals surface area contributed by atoms with Crippen LogP contribution < -0.4 is 0 Å². The van der Waals surface area contributed by atoms with Crippen molar-refractivity contribution in [2.45, 2.75) is 25.8 Å². The number of halogens is 3. The van der Waals surface area contributed by atoms with Gasteiger partial charge in [-0.15, -0.1) is 22.9 Å². The Kier molecular flexibility index (Phi) is 4.08. The number of imidazole rings is 1. The number of nitrogens with zero attached hydrogens (tertiary/aromatic N) is 2. The first-order valence-corrected chi connectivity index (χ1v) is 8.60. The molecule has 0 saturated carbocycles. The molecule has 0 amide bonds. The number of thiophene rings is 1. The molecule has 0 aliphatic carbocycles. The van der Waals surface area contributed by atoms with E-state index in [4.69, 9.17) is 11.6 Å². The van der Waals surface area contributed by atoms with Crippen LogP contribution in [0, 0.1) is 12.7 Å². The van der Waals surface area contributed by atoms with Crippen molar-refractivity contribution in [2.75, 3.05) is 0 Å². The summed E-state index contributed by atoms with van der Waals surface area (Å²) in [6.07, 6.45) is 0. The molecular formula is C15H13BrClFN2S. The number of fused-ring (bicyclic) bond motifs is 1. The normalized spacial score (nSPS) is 13.0. The molecule has 1 unspecified atom stereocenters. The van der Waals surface area contributed by atoms with E-state index in [1.54, 1.807) is 18.3 Å². The van der Waals surface area contributed by atoms with Crippen LogP contribution in [0.4, 0.5) is 4.39 Å². The highest BCUT2D eigenvalue weighted by Gasteiger charge is 2.17. The topological polar surface area (TPSA) is 17.8 Å². The van der Waals surface area contributed by atoms with E-state index < -0.39 is 0 Å². The number of alkyl halides is 1. The second kappa shape index (κ2) is 5.71. The Labute approximate surface area is 139 Å². The summed E-state index contributed by atoms with van der Waals surface area (Å²) in [5.41, 5.74) is 2.18. The van der Waals surface area contributed by atoms with Crippen LogP contribution in [0.1, 0.15) is 28.6 Å². The van der Waals surface area contributed by atoms with Gasteiger partial charge in [-0.2, -0.15) is 0 Å². The van der Waals surface area contributed by atoms with Crippen LogP contribution in [0.15, 0.2) is 28.1 Å². The molecule has 2 nitrogen and oxygen atoms in total. The Morgan fingerprint density at radius 2 is 2.19 bits per heavy atom. The predicted molar refractivity (Wildman–Crippen MR) is 89.8 cm³/mol. The third kappa shape index (κ3) is 2.87. The van der Waals surface area contributed by atoms with E-state index >= 15 is 0 Å². The monoisotopic (exact) mass is 386 g/mol. The van der Waals surface area contributed by atoms with E-state index in [1.165, 1.54) is 10.9 Å². The molecule has 0 spiro atoms. The lowest BCUT2D eigenvalue weighted by atomic mass is 10.2. The van der Waals surface area contributed by atoms with Crippen molar-refractivity contribution in [1.82, 2.24) is 9.55 Å². The van der Waals surface area contributed by atoms with E-state index in [-0.39, 0.29) is 11.2 Å². The average Bonchev–Trinajstić information content (AvgIpc) is 2.96. The highest BCUT2D eigenvalue weighted by Crippen LogP contribution is 2.29. The fourth-order valence-corrected chi connectivity index (χ4v) is 3.94. The first-order valence-electron chi connectivity index (χ1n) is 6.49. The summed E-state index contributed by atoms with van der Waals surface area (Å²) in [4.78, 5) is 5.70. The first kappa shape index (κ1) is 15.0. The van der Waals surface area contributed by atoms with Crippen LogP contribution in [0.2, 0.25) is 0 Å². The van der Waals surface area contributed by atoms with Crippen molar-refractivity contribution < 1.29 is 4.39 Å². The zero-order valence-corrected chi connectivity index (χ0v) is 14.7. The van der Waals surface area contributed by atoms with Gasteiger partial charge in [0.2, 0.25) is 0 Å². The fourth-order valence-electron chi connectivity index (χ4n) is 2.33. The van der Waals surface area contributed by atoms with E-state index in [0.29, 0.717) is 17.6 Å². The highest BCUT2D eigenvalue weighted by atomic mass is 79.9.